The van der Waals surface area contributed by atoms with Crippen LogP contribution in [0.15, 0.2) is 24.3 Å². The summed E-state index contributed by atoms with van der Waals surface area (Å²) in [6.07, 6.45) is 5.24. The summed E-state index contributed by atoms with van der Waals surface area (Å²) in [5.74, 6) is 1.22. The van der Waals surface area contributed by atoms with Crippen molar-refractivity contribution in [3.63, 3.8) is 0 Å². The Labute approximate surface area is 143 Å². The third-order valence-electron chi connectivity index (χ3n) is 3.43. The summed E-state index contributed by atoms with van der Waals surface area (Å²) in [5, 5.41) is 0.261. The van der Waals surface area contributed by atoms with Gasteiger partial charge in [-0.15, -0.1) is 0 Å². The van der Waals surface area contributed by atoms with Crippen molar-refractivity contribution in [2.24, 2.45) is 0 Å². The van der Waals surface area contributed by atoms with Crippen molar-refractivity contribution in [3.8, 4) is 5.75 Å². The summed E-state index contributed by atoms with van der Waals surface area (Å²) in [6, 6.07) is 7.94. The minimum Gasteiger partial charge on any atom is -0.497 e. The number of carbonyl (C=O) groups is 1. The van der Waals surface area contributed by atoms with Gasteiger partial charge in [-0.2, -0.15) is 0 Å². The van der Waals surface area contributed by atoms with Crippen LogP contribution in [-0.2, 0) is 15.6 Å². The Hall–Kier alpha value is -1.13. The van der Waals surface area contributed by atoms with E-state index in [9.17, 15) is 4.79 Å². The van der Waals surface area contributed by atoms with Gasteiger partial charge in [-0.05, 0) is 42.0 Å². The van der Waals surface area contributed by atoms with Crippen LogP contribution in [0.5, 0.6) is 5.75 Å². The number of ether oxygens (including phenoxy) is 1. The van der Waals surface area contributed by atoms with Gasteiger partial charge in [0.25, 0.3) is 0 Å². The number of methoxy groups -OCH3 is 1. The molecule has 0 unspecified atom stereocenters. The van der Waals surface area contributed by atoms with E-state index in [2.05, 4.69) is 20.8 Å². The zero-order valence-corrected chi connectivity index (χ0v) is 16.0. The van der Waals surface area contributed by atoms with Crippen LogP contribution in [0.4, 0.5) is 0 Å². The van der Waals surface area contributed by atoms with Gasteiger partial charge >= 0.3 is 0 Å². The average molecular weight is 335 g/mol. The second-order valence-electron chi connectivity index (χ2n) is 6.90. The predicted octanol–water partition coefficient (Wildman–Crippen LogP) is 4.61. The first-order valence-electron chi connectivity index (χ1n) is 8.44. The van der Waals surface area contributed by atoms with Gasteiger partial charge in [-0.3, -0.25) is 4.79 Å². The molecular weight excluding hydrogens is 304 g/mol. The molecule has 128 valence electrons. The number of unbranched alkanes of at least 4 members (excludes halogenated alkanes) is 2. The Balaban J connectivity index is 2.04. The number of hydrogen-bond donors (Lipinski definition) is 0. The molecule has 0 heterocycles. The molecule has 2 radical (unpaired) electrons. The van der Waals surface area contributed by atoms with Crippen LogP contribution in [0.25, 0.3) is 0 Å². The lowest BCUT2D eigenvalue weighted by Gasteiger charge is -2.15. The highest BCUT2D eigenvalue weighted by Crippen LogP contribution is 2.20. The second-order valence-corrected chi connectivity index (χ2v) is 8.89. The molecule has 0 bridgehead atoms. The fourth-order valence-electron chi connectivity index (χ4n) is 2.14. The number of hydrogen-bond acceptors (Lipinski definition) is 3. The Morgan fingerprint density at radius 2 is 1.74 bits per heavy atom. The van der Waals surface area contributed by atoms with E-state index >= 15 is 0 Å². The monoisotopic (exact) mass is 334 g/mol. The summed E-state index contributed by atoms with van der Waals surface area (Å²) < 4.78 is 10.8. The number of aryl methyl sites for hydroxylation is 1. The summed E-state index contributed by atoms with van der Waals surface area (Å²) in [5.41, 5.74) is 1.19. The summed E-state index contributed by atoms with van der Waals surface area (Å²) in [4.78, 5) is 11.9. The van der Waals surface area contributed by atoms with Gasteiger partial charge in [0, 0.05) is 19.4 Å². The summed E-state index contributed by atoms with van der Waals surface area (Å²) >= 11 is 0. The van der Waals surface area contributed by atoms with E-state index in [0.29, 0.717) is 28.4 Å². The molecule has 0 fully saturated rings. The van der Waals surface area contributed by atoms with E-state index in [1.807, 2.05) is 24.3 Å². The van der Waals surface area contributed by atoms with E-state index in [-0.39, 0.29) is 5.04 Å². The molecule has 0 aliphatic heterocycles. The third kappa shape index (κ3) is 10.3. The second kappa shape index (κ2) is 10.6. The van der Waals surface area contributed by atoms with E-state index in [1.165, 1.54) is 5.56 Å². The van der Waals surface area contributed by atoms with Crippen LogP contribution in [-0.4, -0.2) is 29.3 Å². The van der Waals surface area contributed by atoms with Crippen LogP contribution in [0.2, 0.25) is 5.04 Å². The number of rotatable bonds is 11. The molecule has 3 nitrogen and oxygen atoms in total. The third-order valence-corrected chi connectivity index (χ3v) is 4.39. The maximum absolute atomic E-state index is 11.9. The Morgan fingerprint density at radius 3 is 2.35 bits per heavy atom. The van der Waals surface area contributed by atoms with Gasteiger partial charge in [-0.25, -0.2) is 0 Å². The van der Waals surface area contributed by atoms with Gasteiger partial charge < -0.3 is 9.16 Å². The first kappa shape index (κ1) is 19.9. The van der Waals surface area contributed by atoms with E-state index in [0.717, 1.165) is 38.0 Å². The molecule has 4 heteroatoms. The van der Waals surface area contributed by atoms with Crippen LogP contribution >= 0.6 is 0 Å². The summed E-state index contributed by atoms with van der Waals surface area (Å²) in [7, 11) is 2.22. The molecule has 23 heavy (non-hydrogen) atoms. The smallest absolute Gasteiger partial charge is 0.235 e. The van der Waals surface area contributed by atoms with Gasteiger partial charge in [0.2, 0.25) is 9.76 Å². The molecule has 0 aliphatic rings. The molecule has 1 aromatic rings. The lowest BCUT2D eigenvalue weighted by atomic mass is 10.0. The molecule has 0 saturated heterocycles. The fourth-order valence-corrected chi connectivity index (χ4v) is 2.82. The Morgan fingerprint density at radius 1 is 1.04 bits per heavy atom. The van der Waals surface area contributed by atoms with Crippen LogP contribution < -0.4 is 4.74 Å². The topological polar surface area (TPSA) is 35.5 Å². The Kier molecular flexibility index (Phi) is 9.18. The molecule has 0 saturated carbocycles. The van der Waals surface area contributed by atoms with Crippen molar-refractivity contribution in [2.45, 2.75) is 64.3 Å². The quantitative estimate of drug-likeness (QED) is 0.438. The number of Topliss-reactive ketones (excluding diaryl/α,β-unsaturated/α-hetero) is 1. The zero-order chi connectivity index (χ0) is 17.1. The maximum atomic E-state index is 11.9. The van der Waals surface area contributed by atoms with Crippen molar-refractivity contribution >= 4 is 15.5 Å². The Bertz CT molecular complexity index is 449. The highest BCUT2D eigenvalue weighted by atomic mass is 28.2. The average Bonchev–Trinajstić information content (AvgIpc) is 2.51. The fraction of sp³-hybridized carbons (Fsp3) is 0.632. The van der Waals surface area contributed by atoms with Crippen LogP contribution in [0.3, 0.4) is 0 Å². The van der Waals surface area contributed by atoms with Gasteiger partial charge in [-0.1, -0.05) is 39.3 Å². The molecule has 0 N–H and O–H groups in total. The summed E-state index contributed by atoms with van der Waals surface area (Å²) in [6.45, 7) is 7.38. The van der Waals surface area contributed by atoms with E-state index in [4.69, 9.17) is 9.16 Å². The maximum Gasteiger partial charge on any atom is 0.235 e. The molecule has 0 aliphatic carbocycles. The van der Waals surface area contributed by atoms with Crippen molar-refractivity contribution < 1.29 is 14.0 Å². The highest BCUT2D eigenvalue weighted by Gasteiger charge is 2.12. The molecule has 1 aromatic carbocycles. The normalized spacial score (nSPS) is 11.5. The minimum absolute atomic E-state index is 0.261. The van der Waals surface area contributed by atoms with Crippen molar-refractivity contribution in [1.82, 2.24) is 0 Å². The predicted molar refractivity (Wildman–Crippen MR) is 96.2 cm³/mol. The molecule has 1 rings (SSSR count). The van der Waals surface area contributed by atoms with Crippen molar-refractivity contribution in [2.75, 3.05) is 13.7 Å². The van der Waals surface area contributed by atoms with Crippen LogP contribution in [0.1, 0.15) is 58.4 Å². The molecule has 0 atom stereocenters. The number of carbonyl (C=O) groups excluding carboxylic acids is 1. The largest absolute Gasteiger partial charge is 0.497 e. The highest BCUT2D eigenvalue weighted by molar-refractivity contribution is 6.31. The first-order chi connectivity index (χ1) is 10.9. The zero-order valence-electron chi connectivity index (χ0n) is 15.0. The van der Waals surface area contributed by atoms with Gasteiger partial charge in [0.1, 0.15) is 11.5 Å². The van der Waals surface area contributed by atoms with Crippen molar-refractivity contribution in [3.05, 3.63) is 29.8 Å². The van der Waals surface area contributed by atoms with Gasteiger partial charge in [0.15, 0.2) is 0 Å². The SMILES string of the molecule is COc1ccc(CCC(=O)CCCCCO[Si]C(C)(C)C)cc1. The molecule has 0 aromatic heterocycles. The lowest BCUT2D eigenvalue weighted by molar-refractivity contribution is -0.119. The molecule has 0 spiro atoms. The van der Waals surface area contributed by atoms with Crippen molar-refractivity contribution in [1.29, 1.82) is 0 Å². The standard InChI is InChI=1S/C19H30O3Si/c1-19(2,3)23-22-15-7-5-6-8-17(20)12-9-16-10-13-18(21-4)14-11-16/h10-11,13-14H,5-9,12,15H2,1-4H3. The number of benzene rings is 1. The first-order valence-corrected chi connectivity index (χ1v) is 9.35. The van der Waals surface area contributed by atoms with Crippen LogP contribution in [0, 0.1) is 0 Å². The lowest BCUT2D eigenvalue weighted by Crippen LogP contribution is -2.13. The number of ketones is 1. The molecular formula is C19H30O3Si. The van der Waals surface area contributed by atoms with Gasteiger partial charge in [0.05, 0.1) is 7.11 Å². The van der Waals surface area contributed by atoms with E-state index < -0.39 is 0 Å². The molecule has 0 amide bonds. The van der Waals surface area contributed by atoms with E-state index in [1.54, 1.807) is 7.11 Å². The minimum atomic E-state index is 0.261.